The van der Waals surface area contributed by atoms with E-state index in [-0.39, 0.29) is 10.6 Å². The average molecular weight is 361 g/mol. The van der Waals surface area contributed by atoms with Gasteiger partial charge in [-0.25, -0.2) is 0 Å². The number of anilines is 1. The fraction of sp³-hybridized carbons (Fsp3) is 0.500. The van der Waals surface area contributed by atoms with Crippen molar-refractivity contribution in [2.75, 3.05) is 25.5 Å². The molecule has 0 saturated carbocycles. The lowest BCUT2D eigenvalue weighted by Crippen LogP contribution is -2.31. The molecule has 5 nitrogen and oxygen atoms in total. The van der Waals surface area contributed by atoms with Gasteiger partial charge in [-0.05, 0) is 61.2 Å². The van der Waals surface area contributed by atoms with E-state index in [2.05, 4.69) is 39.9 Å². The largest absolute Gasteiger partial charge is 0.378 e. The first-order valence-corrected chi connectivity index (χ1v) is 7.04. The zero-order chi connectivity index (χ0) is 13.1. The van der Waals surface area contributed by atoms with Crippen molar-refractivity contribution < 1.29 is 4.92 Å². The maximum atomic E-state index is 11.0. The summed E-state index contributed by atoms with van der Waals surface area (Å²) < 4.78 is 0.878. The lowest BCUT2D eigenvalue weighted by atomic mass is 10.2. The molecule has 0 aromatic heterocycles. The van der Waals surface area contributed by atoms with Gasteiger partial charge in [0.05, 0.1) is 4.92 Å². The van der Waals surface area contributed by atoms with Gasteiger partial charge in [-0.2, -0.15) is 0 Å². The maximum Gasteiger partial charge on any atom is 0.293 e. The van der Waals surface area contributed by atoms with Gasteiger partial charge in [0.2, 0.25) is 0 Å². The smallest absolute Gasteiger partial charge is 0.293 e. The number of rotatable bonds is 4. The molecule has 0 amide bonds. The number of hydrogen-bond donors (Lipinski definition) is 1. The van der Waals surface area contributed by atoms with Crippen LogP contribution in [0.25, 0.3) is 0 Å². The van der Waals surface area contributed by atoms with Gasteiger partial charge in [0.25, 0.3) is 5.69 Å². The van der Waals surface area contributed by atoms with Crippen molar-refractivity contribution in [2.24, 2.45) is 0 Å². The number of benzene rings is 1. The molecule has 1 aromatic carbocycles. The van der Waals surface area contributed by atoms with Gasteiger partial charge in [0, 0.05) is 22.2 Å². The molecule has 1 aliphatic heterocycles. The fourth-order valence-electron chi connectivity index (χ4n) is 2.27. The molecule has 0 radical (unpaired) electrons. The molecule has 2 rings (SSSR count). The Morgan fingerprint density at radius 2 is 2.39 bits per heavy atom. The van der Waals surface area contributed by atoms with Gasteiger partial charge >= 0.3 is 0 Å². The Balaban J connectivity index is 2.06. The Labute approximate surface area is 120 Å². The molecule has 1 fully saturated rings. The molecule has 1 atom stereocenters. The minimum atomic E-state index is -0.330. The molecule has 0 aliphatic carbocycles. The summed E-state index contributed by atoms with van der Waals surface area (Å²) in [4.78, 5) is 13.0. The van der Waals surface area contributed by atoms with Gasteiger partial charge in [0.15, 0.2) is 0 Å². The van der Waals surface area contributed by atoms with Crippen LogP contribution in [-0.4, -0.2) is 36.0 Å². The van der Waals surface area contributed by atoms with Crippen LogP contribution in [0.1, 0.15) is 12.8 Å². The van der Waals surface area contributed by atoms with Crippen LogP contribution in [0, 0.1) is 13.7 Å². The normalized spacial score (nSPS) is 20.0. The maximum absolute atomic E-state index is 11.0. The Morgan fingerprint density at radius 1 is 1.61 bits per heavy atom. The highest BCUT2D eigenvalue weighted by Crippen LogP contribution is 2.27. The van der Waals surface area contributed by atoms with E-state index in [1.54, 1.807) is 12.1 Å². The van der Waals surface area contributed by atoms with Gasteiger partial charge in [-0.1, -0.05) is 0 Å². The minimum absolute atomic E-state index is 0.155. The molecule has 1 heterocycles. The van der Waals surface area contributed by atoms with Crippen molar-refractivity contribution in [3.63, 3.8) is 0 Å². The third-order valence-electron chi connectivity index (χ3n) is 3.36. The highest BCUT2D eigenvalue weighted by molar-refractivity contribution is 14.1. The highest BCUT2D eigenvalue weighted by atomic mass is 127. The van der Waals surface area contributed by atoms with Crippen molar-refractivity contribution >= 4 is 34.0 Å². The predicted molar refractivity (Wildman–Crippen MR) is 80.0 cm³/mol. The van der Waals surface area contributed by atoms with Crippen LogP contribution in [0.2, 0.25) is 0 Å². The SMILES string of the molecule is CN1CCCC1CNc1ccc(I)cc1[N+](=O)[O-]. The van der Waals surface area contributed by atoms with Crippen LogP contribution in [0.3, 0.4) is 0 Å². The molecule has 98 valence electrons. The number of hydrogen-bond acceptors (Lipinski definition) is 4. The summed E-state index contributed by atoms with van der Waals surface area (Å²) in [7, 11) is 2.10. The fourth-order valence-corrected chi connectivity index (χ4v) is 2.75. The van der Waals surface area contributed by atoms with Gasteiger partial charge in [-0.3, -0.25) is 10.1 Å². The standard InChI is InChI=1S/C12H16IN3O2/c1-15-6-2-3-10(15)8-14-11-5-4-9(13)7-12(11)16(17)18/h4-5,7,10,14H,2-3,6,8H2,1H3. The summed E-state index contributed by atoms with van der Waals surface area (Å²) in [5.41, 5.74) is 0.767. The van der Waals surface area contributed by atoms with Crippen LogP contribution < -0.4 is 5.32 Å². The van der Waals surface area contributed by atoms with Crippen molar-refractivity contribution in [1.82, 2.24) is 4.90 Å². The molecule has 18 heavy (non-hydrogen) atoms. The number of nitro groups is 1. The van der Waals surface area contributed by atoms with E-state index in [1.807, 2.05) is 6.07 Å². The highest BCUT2D eigenvalue weighted by Gasteiger charge is 2.21. The molecular formula is C12H16IN3O2. The molecule has 0 bridgehead atoms. The van der Waals surface area contributed by atoms with Crippen molar-refractivity contribution in [1.29, 1.82) is 0 Å². The Hall–Kier alpha value is -0.890. The van der Waals surface area contributed by atoms with Crippen LogP contribution >= 0.6 is 22.6 Å². The number of nitrogens with one attached hydrogen (secondary N) is 1. The lowest BCUT2D eigenvalue weighted by molar-refractivity contribution is -0.384. The van der Waals surface area contributed by atoms with Gasteiger partial charge in [-0.15, -0.1) is 0 Å². The summed E-state index contributed by atoms with van der Waals surface area (Å²) >= 11 is 2.08. The van der Waals surface area contributed by atoms with E-state index in [1.165, 1.54) is 6.42 Å². The number of nitro benzene ring substituents is 1. The third-order valence-corrected chi connectivity index (χ3v) is 4.03. The van der Waals surface area contributed by atoms with Crippen LogP contribution in [0.15, 0.2) is 18.2 Å². The Bertz CT molecular complexity index is 453. The van der Waals surface area contributed by atoms with E-state index < -0.39 is 0 Å². The van der Waals surface area contributed by atoms with Crippen molar-refractivity contribution in [2.45, 2.75) is 18.9 Å². The second-order valence-electron chi connectivity index (χ2n) is 4.58. The van der Waals surface area contributed by atoms with Crippen LogP contribution in [0.5, 0.6) is 0 Å². The first-order chi connectivity index (χ1) is 8.58. The molecule has 1 aromatic rings. The van der Waals surface area contributed by atoms with Crippen molar-refractivity contribution in [3.8, 4) is 0 Å². The first-order valence-electron chi connectivity index (χ1n) is 5.96. The van der Waals surface area contributed by atoms with Crippen molar-refractivity contribution in [3.05, 3.63) is 31.9 Å². The summed E-state index contributed by atoms with van der Waals surface area (Å²) in [6.45, 7) is 1.87. The number of nitrogens with zero attached hydrogens (tertiary/aromatic N) is 2. The number of likely N-dealkylation sites (tertiary alicyclic amines) is 1. The summed E-state index contributed by atoms with van der Waals surface area (Å²) in [6.07, 6.45) is 2.36. The van der Waals surface area contributed by atoms with Gasteiger partial charge in [0.1, 0.15) is 5.69 Å². The minimum Gasteiger partial charge on any atom is -0.378 e. The summed E-state index contributed by atoms with van der Waals surface area (Å²) in [5.74, 6) is 0. The molecule has 1 saturated heterocycles. The third kappa shape index (κ3) is 3.11. The van der Waals surface area contributed by atoms with Crippen LogP contribution in [0.4, 0.5) is 11.4 Å². The molecule has 1 N–H and O–H groups in total. The van der Waals surface area contributed by atoms with E-state index in [4.69, 9.17) is 0 Å². The van der Waals surface area contributed by atoms with E-state index in [0.717, 1.165) is 23.1 Å². The van der Waals surface area contributed by atoms with Crippen LogP contribution in [-0.2, 0) is 0 Å². The molecular weight excluding hydrogens is 345 g/mol. The van der Waals surface area contributed by atoms with E-state index in [9.17, 15) is 10.1 Å². The van der Waals surface area contributed by atoms with E-state index in [0.29, 0.717) is 11.7 Å². The number of halogens is 1. The summed E-state index contributed by atoms with van der Waals surface area (Å²) in [5, 5.41) is 14.2. The Morgan fingerprint density at radius 3 is 3.00 bits per heavy atom. The average Bonchev–Trinajstić information content (AvgIpc) is 2.73. The first kappa shape index (κ1) is 13.5. The number of likely N-dealkylation sites (N-methyl/N-ethyl adjacent to an activating group) is 1. The van der Waals surface area contributed by atoms with E-state index >= 15 is 0 Å². The molecule has 1 aliphatic rings. The Kier molecular flexibility index (Phi) is 4.39. The molecule has 0 spiro atoms. The quantitative estimate of drug-likeness (QED) is 0.509. The molecule has 1 unspecified atom stereocenters. The second-order valence-corrected chi connectivity index (χ2v) is 5.82. The van der Waals surface area contributed by atoms with Gasteiger partial charge < -0.3 is 10.2 Å². The predicted octanol–water partition coefficient (Wildman–Crippen LogP) is 2.71. The topological polar surface area (TPSA) is 58.4 Å². The molecule has 6 heteroatoms. The summed E-state index contributed by atoms with van der Waals surface area (Å²) in [6, 6.07) is 5.74. The second kappa shape index (κ2) is 5.83. The monoisotopic (exact) mass is 361 g/mol. The zero-order valence-electron chi connectivity index (χ0n) is 10.2. The lowest BCUT2D eigenvalue weighted by Gasteiger charge is -2.20. The zero-order valence-corrected chi connectivity index (χ0v) is 12.4.